The number of esters is 1. The van der Waals surface area contributed by atoms with Gasteiger partial charge in [0.15, 0.2) is 11.5 Å². The first kappa shape index (κ1) is 21.3. The smallest absolute Gasteiger partial charge is 0.479 e. The fourth-order valence-electron chi connectivity index (χ4n) is 4.79. The highest BCUT2D eigenvalue weighted by atomic mass is 19.4. The van der Waals surface area contributed by atoms with Gasteiger partial charge in [0.25, 0.3) is 0 Å². The van der Waals surface area contributed by atoms with Crippen LogP contribution in [0.1, 0.15) is 43.0 Å². The second-order valence-corrected chi connectivity index (χ2v) is 8.26. The third kappa shape index (κ3) is 4.40. The molecule has 0 radical (unpaired) electrons. The molecule has 2 aliphatic rings. The summed E-state index contributed by atoms with van der Waals surface area (Å²) in [4.78, 5) is 12.6. The van der Waals surface area contributed by atoms with Crippen molar-refractivity contribution >= 4 is 5.97 Å². The quantitative estimate of drug-likeness (QED) is 0.305. The number of carbonyl (C=O) groups excluding carboxylic acids is 1. The third-order valence-corrected chi connectivity index (χ3v) is 6.17. The number of carbonyl (C=O) groups is 1. The molecule has 2 saturated carbocycles. The average molecular weight is 432 g/mol. The number of para-hydroxylation sites is 1. The van der Waals surface area contributed by atoms with Crippen LogP contribution in [0.4, 0.5) is 13.2 Å². The highest BCUT2D eigenvalue weighted by Gasteiger charge is 2.54. The fourth-order valence-corrected chi connectivity index (χ4v) is 4.79. The van der Waals surface area contributed by atoms with Crippen LogP contribution >= 0.6 is 0 Å². The number of hydrogen-bond donors (Lipinski definition) is 0. The number of ether oxygens (including phenoxy) is 3. The van der Waals surface area contributed by atoms with Gasteiger partial charge in [0.1, 0.15) is 11.4 Å². The Bertz CT molecular complexity index is 986. The van der Waals surface area contributed by atoms with Gasteiger partial charge in [0.05, 0.1) is 5.56 Å². The van der Waals surface area contributed by atoms with Gasteiger partial charge in [-0.2, -0.15) is 0 Å². The van der Waals surface area contributed by atoms with Gasteiger partial charge in [-0.25, -0.2) is 4.79 Å². The van der Waals surface area contributed by atoms with E-state index in [1.54, 1.807) is 30.3 Å². The molecule has 4 rings (SSSR count). The highest BCUT2D eigenvalue weighted by molar-refractivity contribution is 5.91. The highest BCUT2D eigenvalue weighted by Crippen LogP contribution is 2.56. The standard InChI is InChI=1S/C24H23F3O4/c1-15(2)23(14-16-8-10-18(23)12-16)30-21-13-17(9-11-20(21)31-24(25,26)27)22(28)29-19-6-4-3-5-7-19/h3-7,9,11,13,16,18H,1,8,10,12,14H2,2H3. The zero-order valence-electron chi connectivity index (χ0n) is 17.1. The number of fused-ring (bicyclic) bond motifs is 2. The zero-order chi connectivity index (χ0) is 22.2. The number of halogens is 3. The summed E-state index contributed by atoms with van der Waals surface area (Å²) in [6.45, 7) is 5.89. The molecule has 3 atom stereocenters. The van der Waals surface area contributed by atoms with Gasteiger partial charge >= 0.3 is 12.3 Å². The van der Waals surface area contributed by atoms with Crippen molar-refractivity contribution in [2.75, 3.05) is 0 Å². The van der Waals surface area contributed by atoms with E-state index in [9.17, 15) is 18.0 Å². The first-order valence-electron chi connectivity index (χ1n) is 10.2. The van der Waals surface area contributed by atoms with Crippen LogP contribution in [0.5, 0.6) is 17.2 Å². The van der Waals surface area contributed by atoms with Crippen molar-refractivity contribution in [1.82, 2.24) is 0 Å². The van der Waals surface area contributed by atoms with Crippen LogP contribution in [0.3, 0.4) is 0 Å². The first-order chi connectivity index (χ1) is 14.7. The maximum atomic E-state index is 13.0. The van der Waals surface area contributed by atoms with E-state index in [0.29, 0.717) is 18.1 Å². The van der Waals surface area contributed by atoms with E-state index in [0.717, 1.165) is 30.9 Å². The molecule has 0 aliphatic heterocycles. The molecule has 7 heteroatoms. The molecule has 31 heavy (non-hydrogen) atoms. The second-order valence-electron chi connectivity index (χ2n) is 8.26. The van der Waals surface area contributed by atoms with E-state index in [1.807, 2.05) is 6.92 Å². The summed E-state index contributed by atoms with van der Waals surface area (Å²) in [6, 6.07) is 12.0. The van der Waals surface area contributed by atoms with Crippen LogP contribution in [0, 0.1) is 11.8 Å². The molecular formula is C24H23F3O4. The summed E-state index contributed by atoms with van der Waals surface area (Å²) in [5.41, 5.74) is 0.0533. The lowest BCUT2D eigenvalue weighted by molar-refractivity contribution is -0.275. The molecule has 0 N–H and O–H groups in total. The van der Waals surface area contributed by atoms with Crippen molar-refractivity contribution in [1.29, 1.82) is 0 Å². The van der Waals surface area contributed by atoms with Gasteiger partial charge in [-0.15, -0.1) is 13.2 Å². The third-order valence-electron chi connectivity index (χ3n) is 6.17. The Balaban J connectivity index is 1.67. The van der Waals surface area contributed by atoms with Crippen LogP contribution < -0.4 is 14.2 Å². The van der Waals surface area contributed by atoms with Crippen molar-refractivity contribution in [3.8, 4) is 17.2 Å². The van der Waals surface area contributed by atoms with Crippen LogP contribution in [-0.2, 0) is 0 Å². The van der Waals surface area contributed by atoms with E-state index in [-0.39, 0.29) is 17.2 Å². The topological polar surface area (TPSA) is 44.8 Å². The van der Waals surface area contributed by atoms with Gasteiger partial charge in [-0.3, -0.25) is 0 Å². The minimum absolute atomic E-state index is 0.0633. The lowest BCUT2D eigenvalue weighted by atomic mass is 9.79. The number of rotatable bonds is 6. The molecule has 2 aromatic rings. The molecule has 2 bridgehead atoms. The minimum Gasteiger partial charge on any atom is -0.479 e. The molecule has 2 aliphatic carbocycles. The Morgan fingerprint density at radius 2 is 1.84 bits per heavy atom. The first-order valence-corrected chi connectivity index (χ1v) is 10.2. The molecule has 0 aromatic heterocycles. The van der Waals surface area contributed by atoms with Crippen LogP contribution in [0.25, 0.3) is 0 Å². The second kappa shape index (κ2) is 7.94. The molecule has 164 valence electrons. The van der Waals surface area contributed by atoms with Gasteiger partial charge < -0.3 is 14.2 Å². The van der Waals surface area contributed by atoms with Crippen molar-refractivity contribution in [2.24, 2.45) is 11.8 Å². The molecule has 0 spiro atoms. The van der Waals surface area contributed by atoms with Gasteiger partial charge in [0, 0.05) is 5.92 Å². The molecule has 4 nitrogen and oxygen atoms in total. The van der Waals surface area contributed by atoms with Crippen molar-refractivity contribution < 1.29 is 32.2 Å². The monoisotopic (exact) mass is 432 g/mol. The summed E-state index contributed by atoms with van der Waals surface area (Å²) in [6.07, 6.45) is -1.23. The van der Waals surface area contributed by atoms with Crippen LogP contribution in [0.15, 0.2) is 60.7 Å². The van der Waals surface area contributed by atoms with Crippen LogP contribution in [0.2, 0.25) is 0 Å². The predicted octanol–water partition coefficient (Wildman–Crippen LogP) is 6.32. The van der Waals surface area contributed by atoms with Gasteiger partial charge in [0.2, 0.25) is 0 Å². The Kier molecular flexibility index (Phi) is 5.45. The molecule has 3 unspecified atom stereocenters. The maximum Gasteiger partial charge on any atom is 0.573 e. The Labute approximate surface area is 178 Å². The number of benzene rings is 2. The predicted molar refractivity (Wildman–Crippen MR) is 108 cm³/mol. The van der Waals surface area contributed by atoms with E-state index >= 15 is 0 Å². The average Bonchev–Trinajstić information content (AvgIpc) is 3.31. The SMILES string of the molecule is C=C(C)C1(Oc2cc(C(=O)Oc3ccccc3)ccc2OC(F)(F)F)CC2CCC1C2. The summed E-state index contributed by atoms with van der Waals surface area (Å²) in [5, 5.41) is 0. The molecule has 2 fully saturated rings. The van der Waals surface area contributed by atoms with Crippen molar-refractivity contribution in [3.05, 3.63) is 66.2 Å². The molecule has 2 aromatic carbocycles. The Morgan fingerprint density at radius 3 is 2.42 bits per heavy atom. The number of alkyl halides is 3. The summed E-state index contributed by atoms with van der Waals surface area (Å²) in [7, 11) is 0. The van der Waals surface area contributed by atoms with Gasteiger partial charge in [-0.1, -0.05) is 24.8 Å². The number of hydrogen-bond acceptors (Lipinski definition) is 4. The maximum absolute atomic E-state index is 13.0. The Morgan fingerprint density at radius 1 is 1.10 bits per heavy atom. The molecule has 0 amide bonds. The van der Waals surface area contributed by atoms with E-state index in [2.05, 4.69) is 11.3 Å². The summed E-state index contributed by atoms with van der Waals surface area (Å²) < 4.78 is 54.7. The van der Waals surface area contributed by atoms with Crippen molar-refractivity contribution in [2.45, 2.75) is 44.6 Å². The van der Waals surface area contributed by atoms with Crippen molar-refractivity contribution in [3.63, 3.8) is 0 Å². The molecule has 0 heterocycles. The largest absolute Gasteiger partial charge is 0.573 e. The minimum atomic E-state index is -4.89. The normalized spacial score (nSPS) is 24.6. The zero-order valence-corrected chi connectivity index (χ0v) is 17.1. The molecule has 0 saturated heterocycles. The molecular weight excluding hydrogens is 409 g/mol. The Hall–Kier alpha value is -2.96. The van der Waals surface area contributed by atoms with E-state index in [1.165, 1.54) is 12.1 Å². The summed E-state index contributed by atoms with van der Waals surface area (Å²) >= 11 is 0. The lowest BCUT2D eigenvalue weighted by Crippen LogP contribution is -2.42. The van der Waals surface area contributed by atoms with Crippen LogP contribution in [-0.4, -0.2) is 17.9 Å². The van der Waals surface area contributed by atoms with E-state index < -0.39 is 23.7 Å². The fraction of sp³-hybridized carbons (Fsp3) is 0.375. The lowest BCUT2D eigenvalue weighted by Gasteiger charge is -2.39. The van der Waals surface area contributed by atoms with Gasteiger partial charge in [-0.05, 0) is 74.4 Å². The summed E-state index contributed by atoms with van der Waals surface area (Å²) in [5.74, 6) is -0.375. The van der Waals surface area contributed by atoms with E-state index in [4.69, 9.17) is 9.47 Å².